The topological polar surface area (TPSA) is 37.5 Å². The lowest BCUT2D eigenvalue weighted by Crippen LogP contribution is -2.18. The molecule has 3 heteroatoms. The van der Waals surface area contributed by atoms with E-state index in [1.54, 1.807) is 6.33 Å². The van der Waals surface area contributed by atoms with Crippen molar-refractivity contribution < 1.29 is 5.11 Å². The van der Waals surface area contributed by atoms with E-state index in [1.807, 2.05) is 28.8 Å². The first-order valence-electron chi connectivity index (χ1n) is 6.45. The average molecular weight is 230 g/mol. The molecule has 1 aliphatic rings. The molecule has 0 spiro atoms. The van der Waals surface area contributed by atoms with Crippen molar-refractivity contribution in [3.8, 4) is 0 Å². The summed E-state index contributed by atoms with van der Waals surface area (Å²) in [5, 5.41) is 10.5. The summed E-state index contributed by atoms with van der Waals surface area (Å²) in [5.74, 6) is 0.414. The molecule has 2 aromatic rings. The highest BCUT2D eigenvalue weighted by molar-refractivity contribution is 5.46. The molecule has 90 valence electrons. The highest BCUT2D eigenvalue weighted by Crippen LogP contribution is 2.34. The van der Waals surface area contributed by atoms with Gasteiger partial charge in [0.25, 0.3) is 0 Å². The van der Waals surface area contributed by atoms with Crippen molar-refractivity contribution in [2.24, 2.45) is 5.92 Å². The van der Waals surface area contributed by atoms with Gasteiger partial charge in [-0.2, -0.15) is 0 Å². The van der Waals surface area contributed by atoms with Crippen molar-refractivity contribution in [2.45, 2.75) is 38.2 Å². The number of aromatic nitrogens is 2. The SMILES string of the molecule is OC(c1cccc2cncn12)C1CCCCC1. The van der Waals surface area contributed by atoms with Crippen LogP contribution in [0.3, 0.4) is 0 Å². The zero-order chi connectivity index (χ0) is 11.7. The molecule has 0 bridgehead atoms. The lowest BCUT2D eigenvalue weighted by molar-refractivity contribution is 0.0801. The first kappa shape index (κ1) is 10.8. The van der Waals surface area contributed by atoms with Gasteiger partial charge in [-0.25, -0.2) is 4.98 Å². The van der Waals surface area contributed by atoms with E-state index >= 15 is 0 Å². The summed E-state index contributed by atoms with van der Waals surface area (Å²) in [7, 11) is 0. The molecule has 1 fully saturated rings. The van der Waals surface area contributed by atoms with Gasteiger partial charge in [0.05, 0.1) is 29.8 Å². The van der Waals surface area contributed by atoms with E-state index in [1.165, 1.54) is 19.3 Å². The third kappa shape index (κ3) is 1.95. The first-order chi connectivity index (χ1) is 8.36. The summed E-state index contributed by atoms with van der Waals surface area (Å²) in [6.45, 7) is 0. The zero-order valence-electron chi connectivity index (χ0n) is 9.92. The molecule has 1 N–H and O–H groups in total. The average Bonchev–Trinajstić information content (AvgIpc) is 2.87. The predicted octanol–water partition coefficient (Wildman–Crippen LogP) is 2.95. The second kappa shape index (κ2) is 4.49. The van der Waals surface area contributed by atoms with Gasteiger partial charge in [-0.3, -0.25) is 0 Å². The van der Waals surface area contributed by atoms with Crippen molar-refractivity contribution in [2.75, 3.05) is 0 Å². The van der Waals surface area contributed by atoms with E-state index in [0.717, 1.165) is 24.1 Å². The van der Waals surface area contributed by atoms with Crippen LogP contribution in [0.25, 0.3) is 5.52 Å². The van der Waals surface area contributed by atoms with E-state index in [0.29, 0.717) is 5.92 Å². The Kier molecular flexibility index (Phi) is 2.85. The summed E-state index contributed by atoms with van der Waals surface area (Å²) >= 11 is 0. The van der Waals surface area contributed by atoms with Crippen molar-refractivity contribution in [3.63, 3.8) is 0 Å². The van der Waals surface area contributed by atoms with E-state index < -0.39 is 0 Å². The van der Waals surface area contributed by atoms with Crippen LogP contribution < -0.4 is 0 Å². The number of imidazole rings is 1. The second-order valence-electron chi connectivity index (χ2n) is 4.98. The van der Waals surface area contributed by atoms with Crippen LogP contribution in [0.2, 0.25) is 0 Å². The Bertz CT molecular complexity index is 500. The number of fused-ring (bicyclic) bond motifs is 1. The first-order valence-corrected chi connectivity index (χ1v) is 6.45. The molecule has 2 aromatic heterocycles. The van der Waals surface area contributed by atoms with Crippen LogP contribution >= 0.6 is 0 Å². The van der Waals surface area contributed by atoms with Gasteiger partial charge in [0.15, 0.2) is 0 Å². The van der Waals surface area contributed by atoms with Crippen LogP contribution in [-0.4, -0.2) is 14.5 Å². The van der Waals surface area contributed by atoms with Crippen molar-refractivity contribution in [3.05, 3.63) is 36.4 Å². The van der Waals surface area contributed by atoms with Crippen LogP contribution in [0.5, 0.6) is 0 Å². The van der Waals surface area contributed by atoms with Gasteiger partial charge >= 0.3 is 0 Å². The molecule has 0 amide bonds. The van der Waals surface area contributed by atoms with Crippen molar-refractivity contribution in [1.82, 2.24) is 9.38 Å². The lowest BCUT2D eigenvalue weighted by atomic mass is 9.84. The fourth-order valence-electron chi connectivity index (χ4n) is 2.90. The van der Waals surface area contributed by atoms with Crippen LogP contribution in [0.1, 0.15) is 43.9 Å². The smallest absolute Gasteiger partial charge is 0.0995 e. The molecule has 3 nitrogen and oxygen atoms in total. The second-order valence-corrected chi connectivity index (χ2v) is 4.98. The van der Waals surface area contributed by atoms with Gasteiger partial charge in [-0.15, -0.1) is 0 Å². The number of rotatable bonds is 2. The standard InChI is InChI=1S/C14H18N2O/c17-14(11-5-2-1-3-6-11)13-8-4-7-12-9-15-10-16(12)13/h4,7-11,14,17H,1-3,5-6H2. The Morgan fingerprint density at radius 3 is 2.88 bits per heavy atom. The fraction of sp³-hybridized carbons (Fsp3) is 0.500. The van der Waals surface area contributed by atoms with Gasteiger partial charge in [0, 0.05) is 0 Å². The summed E-state index contributed by atoms with van der Waals surface area (Å²) < 4.78 is 2.00. The molecule has 1 unspecified atom stereocenters. The Labute approximate surface area is 101 Å². The van der Waals surface area contributed by atoms with Crippen LogP contribution in [0.4, 0.5) is 0 Å². The van der Waals surface area contributed by atoms with Crippen LogP contribution in [0.15, 0.2) is 30.7 Å². The number of pyridine rings is 1. The van der Waals surface area contributed by atoms with E-state index in [4.69, 9.17) is 0 Å². The number of nitrogens with zero attached hydrogens (tertiary/aromatic N) is 2. The Hall–Kier alpha value is -1.35. The monoisotopic (exact) mass is 230 g/mol. The minimum Gasteiger partial charge on any atom is -0.387 e. The van der Waals surface area contributed by atoms with Crippen molar-refractivity contribution >= 4 is 5.52 Å². The zero-order valence-corrected chi connectivity index (χ0v) is 9.92. The molecule has 1 aliphatic carbocycles. The highest BCUT2D eigenvalue weighted by Gasteiger charge is 2.24. The van der Waals surface area contributed by atoms with Gasteiger partial charge in [-0.1, -0.05) is 25.3 Å². The maximum atomic E-state index is 10.5. The molecule has 0 radical (unpaired) electrons. The molecule has 0 aliphatic heterocycles. The molecule has 17 heavy (non-hydrogen) atoms. The largest absolute Gasteiger partial charge is 0.387 e. The minimum atomic E-state index is -0.354. The Morgan fingerprint density at radius 2 is 2.06 bits per heavy atom. The van der Waals surface area contributed by atoms with Crippen LogP contribution in [-0.2, 0) is 0 Å². The maximum Gasteiger partial charge on any atom is 0.0995 e. The van der Waals surface area contributed by atoms with Gasteiger partial charge in [-0.05, 0) is 30.9 Å². The molecule has 1 atom stereocenters. The summed E-state index contributed by atoms with van der Waals surface area (Å²) in [6, 6.07) is 6.02. The maximum absolute atomic E-state index is 10.5. The van der Waals surface area contributed by atoms with E-state index in [-0.39, 0.29) is 6.10 Å². The van der Waals surface area contributed by atoms with E-state index in [9.17, 15) is 5.11 Å². The minimum absolute atomic E-state index is 0.354. The third-order valence-electron chi connectivity index (χ3n) is 3.88. The summed E-state index contributed by atoms with van der Waals surface area (Å²) in [6.07, 6.45) is 9.38. The third-order valence-corrected chi connectivity index (χ3v) is 3.88. The lowest BCUT2D eigenvalue weighted by Gasteiger charge is -2.27. The molecule has 0 saturated heterocycles. The van der Waals surface area contributed by atoms with Crippen LogP contribution in [0, 0.1) is 5.92 Å². The van der Waals surface area contributed by atoms with Crippen molar-refractivity contribution in [1.29, 1.82) is 0 Å². The van der Waals surface area contributed by atoms with Gasteiger partial charge < -0.3 is 9.51 Å². The number of aliphatic hydroxyl groups excluding tert-OH is 1. The molecule has 3 rings (SSSR count). The summed E-state index contributed by atoms with van der Waals surface area (Å²) in [5.41, 5.74) is 2.03. The molecular formula is C14H18N2O. The molecular weight excluding hydrogens is 212 g/mol. The molecule has 1 saturated carbocycles. The molecule has 2 heterocycles. The van der Waals surface area contributed by atoms with E-state index in [2.05, 4.69) is 4.98 Å². The van der Waals surface area contributed by atoms with Gasteiger partial charge in [0.1, 0.15) is 0 Å². The Morgan fingerprint density at radius 1 is 1.24 bits per heavy atom. The number of hydrogen-bond acceptors (Lipinski definition) is 2. The normalized spacial score (nSPS) is 19.6. The number of hydrogen-bond donors (Lipinski definition) is 1. The highest BCUT2D eigenvalue weighted by atomic mass is 16.3. The predicted molar refractivity (Wildman–Crippen MR) is 66.7 cm³/mol. The Balaban J connectivity index is 1.94. The van der Waals surface area contributed by atoms with Gasteiger partial charge in [0.2, 0.25) is 0 Å². The number of aliphatic hydroxyl groups is 1. The fourth-order valence-corrected chi connectivity index (χ4v) is 2.90. The summed E-state index contributed by atoms with van der Waals surface area (Å²) in [4.78, 5) is 4.14. The quantitative estimate of drug-likeness (QED) is 0.861. The molecule has 0 aromatic carbocycles.